The summed E-state index contributed by atoms with van der Waals surface area (Å²) in [6.07, 6.45) is 1.85. The van der Waals surface area contributed by atoms with E-state index in [1.165, 1.54) is 0 Å². The van der Waals surface area contributed by atoms with Gasteiger partial charge in [-0.2, -0.15) is 0 Å². The van der Waals surface area contributed by atoms with Gasteiger partial charge in [-0.3, -0.25) is 4.79 Å². The zero-order valence-electron chi connectivity index (χ0n) is 10.8. The third-order valence-corrected chi connectivity index (χ3v) is 2.81. The molecule has 1 heterocycles. The summed E-state index contributed by atoms with van der Waals surface area (Å²) in [4.78, 5) is 12.2. The lowest BCUT2D eigenvalue weighted by Crippen LogP contribution is -2.18. The maximum atomic E-state index is 12.2. The number of amides is 1. The van der Waals surface area contributed by atoms with Crippen LogP contribution in [0.25, 0.3) is 0 Å². The zero-order valence-corrected chi connectivity index (χ0v) is 10.8. The van der Waals surface area contributed by atoms with E-state index in [9.17, 15) is 4.79 Å². The van der Waals surface area contributed by atoms with Crippen LogP contribution in [0.1, 0.15) is 10.5 Å². The molecule has 0 radical (unpaired) electrons. The van der Waals surface area contributed by atoms with Crippen molar-refractivity contribution in [2.45, 2.75) is 6.54 Å². The molecule has 0 saturated heterocycles. The molecule has 1 aromatic carbocycles. The van der Waals surface area contributed by atoms with Crippen molar-refractivity contribution in [1.29, 1.82) is 0 Å². The van der Waals surface area contributed by atoms with Crippen molar-refractivity contribution in [3.8, 4) is 0 Å². The Labute approximate surface area is 112 Å². The Hall–Kier alpha value is -2.27. The van der Waals surface area contributed by atoms with Crippen molar-refractivity contribution >= 4 is 17.3 Å². The predicted octanol–water partition coefficient (Wildman–Crippen LogP) is 1.97. The van der Waals surface area contributed by atoms with Crippen LogP contribution in [-0.2, 0) is 11.3 Å². The molecule has 3 N–H and O–H groups in total. The summed E-state index contributed by atoms with van der Waals surface area (Å²) in [5, 5.41) is 2.80. The molecule has 0 saturated carbocycles. The molecule has 2 rings (SSSR count). The molecule has 0 aliphatic rings. The monoisotopic (exact) mass is 259 g/mol. The van der Waals surface area contributed by atoms with Gasteiger partial charge in [-0.15, -0.1) is 0 Å². The van der Waals surface area contributed by atoms with E-state index in [-0.39, 0.29) is 5.91 Å². The maximum Gasteiger partial charge on any atom is 0.272 e. The summed E-state index contributed by atoms with van der Waals surface area (Å²) in [6.45, 7) is 1.19. The molecule has 0 aliphatic heterocycles. The Morgan fingerprint density at radius 1 is 1.32 bits per heavy atom. The number of rotatable bonds is 5. The molecule has 2 aromatic rings. The lowest BCUT2D eigenvalue weighted by atomic mass is 10.2. The standard InChI is InChI=1S/C14H17N3O2/c1-19-10-9-17-8-4-7-13(17)14(18)16-12-6-3-2-5-11(12)15/h2-8H,9-10,15H2,1H3,(H,16,18). The summed E-state index contributed by atoms with van der Waals surface area (Å²) in [5.74, 6) is -0.181. The number of hydrogen-bond donors (Lipinski definition) is 2. The Kier molecular flexibility index (Phi) is 4.20. The first-order chi connectivity index (χ1) is 9.22. The van der Waals surface area contributed by atoms with Crippen molar-refractivity contribution in [2.24, 2.45) is 0 Å². The fourth-order valence-electron chi connectivity index (χ4n) is 1.80. The smallest absolute Gasteiger partial charge is 0.272 e. The van der Waals surface area contributed by atoms with Crippen LogP contribution >= 0.6 is 0 Å². The quantitative estimate of drug-likeness (QED) is 0.806. The van der Waals surface area contributed by atoms with E-state index in [4.69, 9.17) is 10.5 Å². The van der Waals surface area contributed by atoms with Gasteiger partial charge in [-0.05, 0) is 24.3 Å². The number of methoxy groups -OCH3 is 1. The first-order valence-electron chi connectivity index (χ1n) is 6.02. The SMILES string of the molecule is COCCn1cccc1C(=O)Nc1ccccc1N. The van der Waals surface area contributed by atoms with Crippen LogP contribution in [-0.4, -0.2) is 24.2 Å². The van der Waals surface area contributed by atoms with Crippen LogP contribution in [0.4, 0.5) is 11.4 Å². The summed E-state index contributed by atoms with van der Waals surface area (Å²) in [5.41, 5.74) is 7.55. The summed E-state index contributed by atoms with van der Waals surface area (Å²) in [7, 11) is 1.63. The van der Waals surface area contributed by atoms with Gasteiger partial charge in [0.15, 0.2) is 0 Å². The molecule has 0 fully saturated rings. The topological polar surface area (TPSA) is 69.3 Å². The van der Waals surface area contributed by atoms with Crippen molar-refractivity contribution < 1.29 is 9.53 Å². The Balaban J connectivity index is 2.12. The van der Waals surface area contributed by atoms with E-state index in [1.807, 2.05) is 29.0 Å². The van der Waals surface area contributed by atoms with Gasteiger partial charge in [0.1, 0.15) is 5.69 Å². The normalized spacial score (nSPS) is 10.4. The number of nitrogens with zero attached hydrogens (tertiary/aromatic N) is 1. The molecular weight excluding hydrogens is 242 g/mol. The Morgan fingerprint density at radius 2 is 2.11 bits per heavy atom. The van der Waals surface area contributed by atoms with Gasteiger partial charge in [0.05, 0.1) is 18.0 Å². The van der Waals surface area contributed by atoms with Crippen molar-refractivity contribution in [3.63, 3.8) is 0 Å². The second-order valence-electron chi connectivity index (χ2n) is 4.12. The molecule has 0 aliphatic carbocycles. The second kappa shape index (κ2) is 6.06. The van der Waals surface area contributed by atoms with Gasteiger partial charge in [-0.1, -0.05) is 12.1 Å². The van der Waals surface area contributed by atoms with Crippen LogP contribution in [0.2, 0.25) is 0 Å². The second-order valence-corrected chi connectivity index (χ2v) is 4.12. The molecule has 0 bridgehead atoms. The van der Waals surface area contributed by atoms with E-state index in [0.717, 1.165) is 0 Å². The maximum absolute atomic E-state index is 12.2. The summed E-state index contributed by atoms with van der Waals surface area (Å²) >= 11 is 0. The fraction of sp³-hybridized carbons (Fsp3) is 0.214. The molecule has 100 valence electrons. The first kappa shape index (κ1) is 13.2. The fourth-order valence-corrected chi connectivity index (χ4v) is 1.80. The highest BCUT2D eigenvalue weighted by atomic mass is 16.5. The van der Waals surface area contributed by atoms with Gasteiger partial charge in [0.2, 0.25) is 0 Å². The number of nitrogens with two attached hydrogens (primary N) is 1. The Bertz CT molecular complexity index is 563. The number of carbonyl (C=O) groups excluding carboxylic acids is 1. The van der Waals surface area contributed by atoms with Gasteiger partial charge in [0.25, 0.3) is 5.91 Å². The molecule has 1 aromatic heterocycles. The van der Waals surface area contributed by atoms with Crippen molar-refractivity contribution in [1.82, 2.24) is 4.57 Å². The predicted molar refractivity (Wildman–Crippen MR) is 75.1 cm³/mol. The van der Waals surface area contributed by atoms with E-state index in [0.29, 0.717) is 30.2 Å². The van der Waals surface area contributed by atoms with E-state index < -0.39 is 0 Å². The number of hydrogen-bond acceptors (Lipinski definition) is 3. The number of benzene rings is 1. The lowest BCUT2D eigenvalue weighted by molar-refractivity contribution is 0.101. The average Bonchev–Trinajstić information content (AvgIpc) is 2.87. The molecule has 5 nitrogen and oxygen atoms in total. The zero-order chi connectivity index (χ0) is 13.7. The van der Waals surface area contributed by atoms with E-state index in [2.05, 4.69) is 5.32 Å². The first-order valence-corrected chi connectivity index (χ1v) is 6.02. The van der Waals surface area contributed by atoms with Crippen LogP contribution < -0.4 is 11.1 Å². The summed E-state index contributed by atoms with van der Waals surface area (Å²) < 4.78 is 6.86. The minimum Gasteiger partial charge on any atom is -0.397 e. The van der Waals surface area contributed by atoms with Crippen LogP contribution in [0.3, 0.4) is 0 Å². The largest absolute Gasteiger partial charge is 0.397 e. The lowest BCUT2D eigenvalue weighted by Gasteiger charge is -2.10. The molecule has 0 atom stereocenters. The molecular formula is C14H17N3O2. The van der Waals surface area contributed by atoms with E-state index >= 15 is 0 Å². The third kappa shape index (κ3) is 3.14. The number of anilines is 2. The third-order valence-electron chi connectivity index (χ3n) is 2.81. The average molecular weight is 259 g/mol. The molecule has 19 heavy (non-hydrogen) atoms. The highest BCUT2D eigenvalue weighted by molar-refractivity contribution is 6.04. The molecule has 0 spiro atoms. The van der Waals surface area contributed by atoms with E-state index in [1.54, 1.807) is 25.3 Å². The number of carbonyl (C=O) groups is 1. The van der Waals surface area contributed by atoms with Crippen molar-refractivity contribution in [3.05, 3.63) is 48.3 Å². The molecule has 1 amide bonds. The minimum atomic E-state index is -0.181. The molecule has 0 unspecified atom stereocenters. The van der Waals surface area contributed by atoms with Crippen LogP contribution in [0.5, 0.6) is 0 Å². The number of ether oxygens (including phenoxy) is 1. The molecule has 5 heteroatoms. The van der Waals surface area contributed by atoms with Gasteiger partial charge in [0, 0.05) is 19.9 Å². The number of aromatic nitrogens is 1. The van der Waals surface area contributed by atoms with Gasteiger partial charge in [-0.25, -0.2) is 0 Å². The summed E-state index contributed by atoms with van der Waals surface area (Å²) in [6, 6.07) is 10.8. The Morgan fingerprint density at radius 3 is 2.84 bits per heavy atom. The van der Waals surface area contributed by atoms with Gasteiger partial charge >= 0.3 is 0 Å². The van der Waals surface area contributed by atoms with Crippen LogP contribution in [0.15, 0.2) is 42.6 Å². The number of nitrogens with one attached hydrogen (secondary N) is 1. The highest BCUT2D eigenvalue weighted by Crippen LogP contribution is 2.17. The number of nitrogen functional groups attached to an aromatic ring is 1. The number of para-hydroxylation sites is 2. The highest BCUT2D eigenvalue weighted by Gasteiger charge is 2.11. The van der Waals surface area contributed by atoms with Crippen molar-refractivity contribution in [2.75, 3.05) is 24.8 Å². The van der Waals surface area contributed by atoms with Gasteiger partial charge < -0.3 is 20.4 Å². The minimum absolute atomic E-state index is 0.181. The van der Waals surface area contributed by atoms with Crippen LogP contribution in [0, 0.1) is 0 Å².